The van der Waals surface area contributed by atoms with Crippen molar-refractivity contribution < 1.29 is 9.21 Å². The van der Waals surface area contributed by atoms with Crippen molar-refractivity contribution in [2.24, 2.45) is 0 Å². The van der Waals surface area contributed by atoms with Gasteiger partial charge in [0.2, 0.25) is 5.71 Å². The highest BCUT2D eigenvalue weighted by Crippen LogP contribution is 2.38. The van der Waals surface area contributed by atoms with Crippen molar-refractivity contribution in [1.29, 1.82) is 0 Å². The van der Waals surface area contributed by atoms with Crippen molar-refractivity contribution in [2.45, 2.75) is 58.4 Å². The first-order valence-corrected chi connectivity index (χ1v) is 11.2. The molecule has 1 aliphatic heterocycles. The lowest BCUT2D eigenvalue weighted by Gasteiger charge is -2.28. The molecule has 2 aliphatic rings. The van der Waals surface area contributed by atoms with Gasteiger partial charge in [-0.05, 0) is 38.2 Å². The van der Waals surface area contributed by atoms with E-state index in [0.29, 0.717) is 41.4 Å². The second-order valence-electron chi connectivity index (χ2n) is 8.64. The average molecular weight is 421 g/mol. The van der Waals surface area contributed by atoms with E-state index < -0.39 is 0 Å². The molecule has 1 amide bonds. The highest BCUT2D eigenvalue weighted by Gasteiger charge is 2.32. The van der Waals surface area contributed by atoms with Crippen molar-refractivity contribution in [3.8, 4) is 0 Å². The lowest BCUT2D eigenvalue weighted by molar-refractivity contribution is 0.0731. The topological polar surface area (TPSA) is 88.3 Å². The van der Waals surface area contributed by atoms with Gasteiger partial charge in [0, 0.05) is 32.3 Å². The van der Waals surface area contributed by atoms with Crippen LogP contribution in [0.1, 0.15) is 71.7 Å². The normalized spacial score (nSPS) is 15.9. The molecule has 3 aromatic rings. The molecule has 162 valence electrons. The molecule has 0 saturated heterocycles. The predicted octanol–water partition coefficient (Wildman–Crippen LogP) is 3.63. The fourth-order valence-corrected chi connectivity index (χ4v) is 4.27. The average Bonchev–Trinajstić information content (AvgIpc) is 3.58. The van der Waals surface area contributed by atoms with E-state index in [2.05, 4.69) is 26.8 Å². The SMILES string of the molecule is CCCCN(C)c1ncnc2oc(C)c(C(=O)N3CCc4cnc(C5CC5)nc4C3)c12. The van der Waals surface area contributed by atoms with Crippen LogP contribution in [-0.2, 0) is 13.0 Å². The summed E-state index contributed by atoms with van der Waals surface area (Å²) in [6.07, 6.45) is 8.68. The van der Waals surface area contributed by atoms with E-state index in [-0.39, 0.29) is 5.91 Å². The van der Waals surface area contributed by atoms with Crippen LogP contribution in [0.5, 0.6) is 0 Å². The number of rotatable bonds is 6. The molecule has 0 spiro atoms. The van der Waals surface area contributed by atoms with Gasteiger partial charge in [-0.2, -0.15) is 0 Å². The molecule has 0 radical (unpaired) electrons. The molecule has 5 rings (SSSR count). The number of amides is 1. The van der Waals surface area contributed by atoms with Crippen molar-refractivity contribution in [2.75, 3.05) is 25.0 Å². The number of unbranched alkanes of at least 4 members (excludes halogenated alkanes) is 1. The maximum atomic E-state index is 13.7. The van der Waals surface area contributed by atoms with Gasteiger partial charge in [-0.15, -0.1) is 0 Å². The van der Waals surface area contributed by atoms with Gasteiger partial charge < -0.3 is 14.2 Å². The second kappa shape index (κ2) is 7.90. The Bertz CT molecular complexity index is 1140. The number of nitrogens with zero attached hydrogens (tertiary/aromatic N) is 6. The summed E-state index contributed by atoms with van der Waals surface area (Å²) in [7, 11) is 2.00. The summed E-state index contributed by atoms with van der Waals surface area (Å²) in [6.45, 7) is 5.98. The maximum Gasteiger partial charge on any atom is 0.258 e. The van der Waals surface area contributed by atoms with Crippen LogP contribution in [0.2, 0.25) is 0 Å². The number of hydrogen-bond donors (Lipinski definition) is 0. The Morgan fingerprint density at radius 1 is 1.29 bits per heavy atom. The van der Waals surface area contributed by atoms with Crippen molar-refractivity contribution in [1.82, 2.24) is 24.8 Å². The summed E-state index contributed by atoms with van der Waals surface area (Å²) >= 11 is 0. The second-order valence-corrected chi connectivity index (χ2v) is 8.64. The standard InChI is InChI=1S/C23H28N6O2/c1-4-5-9-28(3)21-19-18(14(2)31-22(19)26-13-25-21)23(30)29-10-8-16-11-24-20(15-6-7-15)27-17(16)12-29/h11,13,15H,4-10,12H2,1-3H3. The van der Waals surface area contributed by atoms with Gasteiger partial charge in [0.1, 0.15) is 23.7 Å². The summed E-state index contributed by atoms with van der Waals surface area (Å²) in [5.74, 6) is 2.70. The quantitative estimate of drug-likeness (QED) is 0.601. The monoisotopic (exact) mass is 420 g/mol. The van der Waals surface area contributed by atoms with E-state index in [0.717, 1.165) is 61.5 Å². The lowest BCUT2D eigenvalue weighted by atomic mass is 10.0. The molecule has 1 fully saturated rings. The van der Waals surface area contributed by atoms with Crippen molar-refractivity contribution in [3.63, 3.8) is 0 Å². The summed E-state index contributed by atoms with van der Waals surface area (Å²) in [6, 6.07) is 0. The van der Waals surface area contributed by atoms with E-state index in [1.165, 1.54) is 6.33 Å². The number of anilines is 1. The van der Waals surface area contributed by atoms with E-state index in [1.54, 1.807) is 0 Å². The highest BCUT2D eigenvalue weighted by molar-refractivity contribution is 6.10. The Balaban J connectivity index is 1.48. The Kier molecular flexibility index (Phi) is 5.08. The summed E-state index contributed by atoms with van der Waals surface area (Å²) in [4.78, 5) is 35.7. The van der Waals surface area contributed by atoms with Crippen molar-refractivity contribution in [3.05, 3.63) is 40.9 Å². The number of fused-ring (bicyclic) bond motifs is 2. The third-order valence-electron chi connectivity index (χ3n) is 6.26. The minimum absolute atomic E-state index is 0.0478. The number of furan rings is 1. The summed E-state index contributed by atoms with van der Waals surface area (Å²) in [5, 5.41) is 0.704. The van der Waals surface area contributed by atoms with Crippen LogP contribution in [0.3, 0.4) is 0 Å². The molecular weight excluding hydrogens is 392 g/mol. The van der Waals surface area contributed by atoms with Gasteiger partial charge in [-0.25, -0.2) is 19.9 Å². The zero-order valence-corrected chi connectivity index (χ0v) is 18.4. The summed E-state index contributed by atoms with van der Waals surface area (Å²) < 4.78 is 5.88. The molecule has 31 heavy (non-hydrogen) atoms. The van der Waals surface area contributed by atoms with Gasteiger partial charge in [-0.1, -0.05) is 13.3 Å². The van der Waals surface area contributed by atoms with Gasteiger partial charge in [0.25, 0.3) is 5.91 Å². The van der Waals surface area contributed by atoms with E-state index in [9.17, 15) is 4.79 Å². The maximum absolute atomic E-state index is 13.7. The number of carbonyl (C=O) groups is 1. The fourth-order valence-electron chi connectivity index (χ4n) is 4.27. The zero-order chi connectivity index (χ0) is 21.5. The lowest BCUT2D eigenvalue weighted by Crippen LogP contribution is -2.37. The third-order valence-corrected chi connectivity index (χ3v) is 6.26. The fraction of sp³-hybridized carbons (Fsp3) is 0.522. The van der Waals surface area contributed by atoms with Crippen LogP contribution >= 0.6 is 0 Å². The van der Waals surface area contributed by atoms with Crippen LogP contribution in [-0.4, -0.2) is 50.9 Å². The Morgan fingerprint density at radius 3 is 2.90 bits per heavy atom. The minimum Gasteiger partial charge on any atom is -0.442 e. The molecule has 0 bridgehead atoms. The first-order valence-electron chi connectivity index (χ1n) is 11.2. The summed E-state index contributed by atoms with van der Waals surface area (Å²) in [5.41, 5.74) is 3.14. The van der Waals surface area contributed by atoms with E-state index in [1.807, 2.05) is 25.1 Å². The van der Waals surface area contributed by atoms with E-state index in [4.69, 9.17) is 9.40 Å². The first kappa shape index (κ1) is 19.9. The third kappa shape index (κ3) is 3.64. The number of hydrogen-bond acceptors (Lipinski definition) is 7. The molecular formula is C23H28N6O2. The Labute approximate surface area is 181 Å². The Morgan fingerprint density at radius 2 is 2.13 bits per heavy atom. The Hall–Kier alpha value is -3.03. The molecule has 8 nitrogen and oxygen atoms in total. The van der Waals surface area contributed by atoms with E-state index >= 15 is 0 Å². The van der Waals surface area contributed by atoms with Gasteiger partial charge >= 0.3 is 0 Å². The molecule has 1 saturated carbocycles. The van der Waals surface area contributed by atoms with Crippen LogP contribution < -0.4 is 4.90 Å². The molecule has 0 atom stereocenters. The largest absolute Gasteiger partial charge is 0.442 e. The van der Waals surface area contributed by atoms with Crippen LogP contribution in [0, 0.1) is 6.92 Å². The first-order chi connectivity index (χ1) is 15.1. The molecule has 3 aromatic heterocycles. The molecule has 0 unspecified atom stereocenters. The minimum atomic E-state index is -0.0478. The smallest absolute Gasteiger partial charge is 0.258 e. The van der Waals surface area contributed by atoms with Gasteiger partial charge in [0.05, 0.1) is 23.2 Å². The van der Waals surface area contributed by atoms with Crippen LogP contribution in [0.15, 0.2) is 16.9 Å². The molecule has 1 aliphatic carbocycles. The van der Waals surface area contributed by atoms with Gasteiger partial charge in [-0.3, -0.25) is 4.79 Å². The predicted molar refractivity (Wildman–Crippen MR) is 117 cm³/mol. The number of aryl methyl sites for hydroxylation is 1. The molecule has 8 heteroatoms. The van der Waals surface area contributed by atoms with Crippen molar-refractivity contribution >= 4 is 22.8 Å². The molecule has 4 heterocycles. The number of aromatic nitrogens is 4. The van der Waals surface area contributed by atoms with Gasteiger partial charge in [0.15, 0.2) is 0 Å². The zero-order valence-electron chi connectivity index (χ0n) is 18.4. The highest BCUT2D eigenvalue weighted by atomic mass is 16.3. The van der Waals surface area contributed by atoms with Crippen LogP contribution in [0.4, 0.5) is 5.82 Å². The molecule has 0 N–H and O–H groups in total. The molecule has 0 aromatic carbocycles. The number of carbonyl (C=O) groups excluding carboxylic acids is 1. The van der Waals surface area contributed by atoms with Crippen LogP contribution in [0.25, 0.3) is 11.1 Å².